The second kappa shape index (κ2) is 5.37. The Morgan fingerprint density at radius 1 is 1.47 bits per heavy atom. The predicted molar refractivity (Wildman–Crippen MR) is 63.3 cm³/mol. The largest absolute Gasteiger partial charge is 0.334 e. The number of piperazine rings is 1. The topological polar surface area (TPSA) is 32.3 Å². The molecule has 1 fully saturated rings. The maximum Gasteiger partial charge on any atom is 0.256 e. The number of nitrogens with zero attached hydrogens (tertiary/aromatic N) is 1. The van der Waals surface area contributed by atoms with Crippen LogP contribution in [-0.2, 0) is 4.79 Å². The monoisotopic (exact) mass is 252 g/mol. The van der Waals surface area contributed by atoms with Crippen molar-refractivity contribution in [3.05, 3.63) is 0 Å². The molecule has 3 nitrogen and oxygen atoms in total. The summed E-state index contributed by atoms with van der Waals surface area (Å²) in [6.07, 6.45) is 0. The number of hydrogen-bond donors (Lipinski definition) is 1. The summed E-state index contributed by atoms with van der Waals surface area (Å²) in [4.78, 5) is 12.6. The second-order valence-corrected chi connectivity index (χ2v) is 5.51. The molecule has 0 saturated carbocycles. The van der Waals surface area contributed by atoms with Gasteiger partial charge in [0.15, 0.2) is 4.84 Å². The third kappa shape index (κ3) is 3.23. The van der Waals surface area contributed by atoms with Crippen molar-refractivity contribution in [3.63, 3.8) is 0 Å². The van der Waals surface area contributed by atoms with Crippen molar-refractivity contribution in [3.8, 4) is 0 Å². The zero-order chi connectivity index (χ0) is 11.6. The Morgan fingerprint density at radius 3 is 2.53 bits per heavy atom. The van der Waals surface area contributed by atoms with Crippen LogP contribution < -0.4 is 5.32 Å². The van der Waals surface area contributed by atoms with E-state index in [-0.39, 0.29) is 11.9 Å². The number of nitrogens with one attached hydrogen (secondary N) is 1. The van der Waals surface area contributed by atoms with Crippen molar-refractivity contribution < 1.29 is 4.79 Å². The van der Waals surface area contributed by atoms with Crippen molar-refractivity contribution in [2.24, 2.45) is 5.92 Å². The first-order chi connectivity index (χ1) is 6.93. The van der Waals surface area contributed by atoms with Crippen LogP contribution in [0.25, 0.3) is 0 Å². The molecule has 1 N–H and O–H groups in total. The third-order valence-corrected chi connectivity index (χ3v) is 3.16. The van der Waals surface area contributed by atoms with Gasteiger partial charge >= 0.3 is 0 Å². The summed E-state index contributed by atoms with van der Waals surface area (Å²) in [5.41, 5.74) is 0. The Bertz CT molecular complexity index is 233. The van der Waals surface area contributed by atoms with E-state index < -0.39 is 4.84 Å². The lowest BCUT2D eigenvalue weighted by molar-refractivity contribution is -0.134. The summed E-state index contributed by atoms with van der Waals surface area (Å²) in [6, 6.07) is 0.490. The van der Waals surface area contributed by atoms with Crippen molar-refractivity contribution in [1.29, 1.82) is 0 Å². The van der Waals surface area contributed by atoms with Crippen LogP contribution in [0, 0.1) is 5.92 Å². The number of carbonyl (C=O) groups is 1. The molecule has 1 rings (SSSR count). The van der Waals surface area contributed by atoms with Gasteiger partial charge in [0.25, 0.3) is 5.91 Å². The van der Waals surface area contributed by atoms with E-state index in [1.807, 2.05) is 6.92 Å². The molecule has 1 aliphatic heterocycles. The van der Waals surface area contributed by atoms with Crippen LogP contribution in [0.3, 0.4) is 0 Å². The fraction of sp³-hybridized carbons (Fsp3) is 0.900. The molecule has 88 valence electrons. The number of rotatable bonds is 2. The molecule has 1 aliphatic rings. The summed E-state index contributed by atoms with van der Waals surface area (Å²) >= 11 is 11.3. The highest BCUT2D eigenvalue weighted by Gasteiger charge is 2.33. The molecule has 0 bridgehead atoms. The zero-order valence-electron chi connectivity index (χ0n) is 9.34. The summed E-state index contributed by atoms with van der Waals surface area (Å²) in [7, 11) is 0. The molecule has 0 aliphatic carbocycles. The fourth-order valence-electron chi connectivity index (χ4n) is 1.90. The van der Waals surface area contributed by atoms with Gasteiger partial charge in [0.05, 0.1) is 0 Å². The lowest BCUT2D eigenvalue weighted by Crippen LogP contribution is -2.60. The second-order valence-electron chi connectivity index (χ2n) is 4.41. The van der Waals surface area contributed by atoms with E-state index in [2.05, 4.69) is 19.2 Å². The fourth-order valence-corrected chi connectivity index (χ4v) is 2.15. The smallest absolute Gasteiger partial charge is 0.256 e. The Hall–Kier alpha value is 0.01000. The number of carbonyl (C=O) groups excluding carboxylic acids is 1. The Morgan fingerprint density at radius 2 is 2.07 bits per heavy atom. The quantitative estimate of drug-likeness (QED) is 0.759. The highest BCUT2D eigenvalue weighted by Crippen LogP contribution is 2.18. The van der Waals surface area contributed by atoms with E-state index in [1.54, 1.807) is 4.90 Å². The molecule has 0 aromatic rings. The molecular weight excluding hydrogens is 235 g/mol. The molecule has 5 heteroatoms. The lowest BCUT2D eigenvalue weighted by atomic mass is 9.99. The van der Waals surface area contributed by atoms with Crippen LogP contribution in [0.5, 0.6) is 0 Å². The minimum Gasteiger partial charge on any atom is -0.334 e. The van der Waals surface area contributed by atoms with E-state index in [9.17, 15) is 4.79 Å². The standard InChI is InChI=1S/C10H18Cl2N2O/c1-6(2)8-4-13-7(3)5-14(8)10(15)9(11)12/h6-9,13H,4-5H2,1-3H3. The van der Waals surface area contributed by atoms with Gasteiger partial charge in [-0.2, -0.15) is 0 Å². The third-order valence-electron chi connectivity index (χ3n) is 2.79. The molecule has 15 heavy (non-hydrogen) atoms. The van der Waals surface area contributed by atoms with Crippen molar-refractivity contribution in [2.45, 2.75) is 37.7 Å². The van der Waals surface area contributed by atoms with Gasteiger partial charge in [-0.3, -0.25) is 4.79 Å². The molecule has 1 saturated heterocycles. The normalized spacial score (nSPS) is 27.5. The molecule has 0 spiro atoms. The van der Waals surface area contributed by atoms with E-state index in [1.165, 1.54) is 0 Å². The molecule has 2 atom stereocenters. The average molecular weight is 253 g/mol. The van der Waals surface area contributed by atoms with E-state index in [0.29, 0.717) is 18.5 Å². The van der Waals surface area contributed by atoms with Crippen molar-refractivity contribution in [2.75, 3.05) is 13.1 Å². The highest BCUT2D eigenvalue weighted by molar-refractivity contribution is 6.53. The van der Waals surface area contributed by atoms with Crippen LogP contribution in [0.2, 0.25) is 0 Å². The SMILES string of the molecule is CC1CN(C(=O)C(Cl)Cl)C(C(C)C)CN1. The first-order valence-corrected chi connectivity index (χ1v) is 6.12. The minimum atomic E-state index is -0.948. The van der Waals surface area contributed by atoms with Gasteiger partial charge in [-0.15, -0.1) is 0 Å². The van der Waals surface area contributed by atoms with Gasteiger partial charge in [-0.1, -0.05) is 37.0 Å². The predicted octanol–water partition coefficient (Wildman–Crippen LogP) is 1.64. The summed E-state index contributed by atoms with van der Waals surface area (Å²) in [5.74, 6) is 0.228. The van der Waals surface area contributed by atoms with Gasteiger partial charge in [0.2, 0.25) is 0 Å². The van der Waals surface area contributed by atoms with Gasteiger partial charge < -0.3 is 10.2 Å². The highest BCUT2D eigenvalue weighted by atomic mass is 35.5. The van der Waals surface area contributed by atoms with Crippen molar-refractivity contribution in [1.82, 2.24) is 10.2 Å². The van der Waals surface area contributed by atoms with Crippen LogP contribution >= 0.6 is 23.2 Å². The first-order valence-electron chi connectivity index (χ1n) is 5.25. The molecule has 0 aromatic heterocycles. The summed E-state index contributed by atoms with van der Waals surface area (Å²) in [5, 5.41) is 3.36. The Labute approximate surface area is 101 Å². The molecule has 1 amide bonds. The zero-order valence-corrected chi connectivity index (χ0v) is 10.8. The number of amides is 1. The molecule has 1 heterocycles. The van der Waals surface area contributed by atoms with Crippen LogP contribution in [-0.4, -0.2) is 40.8 Å². The van der Waals surface area contributed by atoms with Crippen LogP contribution in [0.4, 0.5) is 0 Å². The van der Waals surface area contributed by atoms with E-state index >= 15 is 0 Å². The van der Waals surface area contributed by atoms with Gasteiger partial charge in [0, 0.05) is 25.2 Å². The summed E-state index contributed by atoms with van der Waals surface area (Å²) < 4.78 is 0. The van der Waals surface area contributed by atoms with Crippen LogP contribution in [0.1, 0.15) is 20.8 Å². The van der Waals surface area contributed by atoms with E-state index in [4.69, 9.17) is 23.2 Å². The van der Waals surface area contributed by atoms with Gasteiger partial charge in [-0.05, 0) is 12.8 Å². The number of halogens is 2. The number of hydrogen-bond acceptors (Lipinski definition) is 2. The summed E-state index contributed by atoms with van der Waals surface area (Å²) in [6.45, 7) is 7.73. The van der Waals surface area contributed by atoms with Gasteiger partial charge in [-0.25, -0.2) is 0 Å². The molecular formula is C10H18Cl2N2O. The Kier molecular flexibility index (Phi) is 4.68. The first kappa shape index (κ1) is 13.1. The lowest BCUT2D eigenvalue weighted by Gasteiger charge is -2.41. The Balaban J connectivity index is 2.74. The molecule has 0 radical (unpaired) electrons. The number of alkyl halides is 2. The maximum atomic E-state index is 11.8. The van der Waals surface area contributed by atoms with Gasteiger partial charge in [0.1, 0.15) is 0 Å². The van der Waals surface area contributed by atoms with E-state index in [0.717, 1.165) is 6.54 Å². The minimum absolute atomic E-state index is 0.176. The average Bonchev–Trinajstić information content (AvgIpc) is 2.15. The molecule has 2 unspecified atom stereocenters. The van der Waals surface area contributed by atoms with Crippen LogP contribution in [0.15, 0.2) is 0 Å². The van der Waals surface area contributed by atoms with Crippen molar-refractivity contribution >= 4 is 29.1 Å². The maximum absolute atomic E-state index is 11.8. The molecule has 0 aromatic carbocycles.